The molecule has 0 bridgehead atoms. The molecule has 0 aliphatic carbocycles. The van der Waals surface area contributed by atoms with Crippen LogP contribution in [0.25, 0.3) is 10.8 Å². The Labute approximate surface area is 215 Å². The fraction of sp³-hybridized carbons (Fsp3) is 0.346. The van der Waals surface area contributed by atoms with Crippen LogP contribution >= 0.6 is 11.6 Å². The number of nitrogens with one attached hydrogen (secondary N) is 1. The highest BCUT2D eigenvalue weighted by Gasteiger charge is 2.35. The van der Waals surface area contributed by atoms with Gasteiger partial charge in [0.1, 0.15) is 6.04 Å². The van der Waals surface area contributed by atoms with Crippen molar-refractivity contribution < 1.29 is 18.0 Å². The molecule has 2 saturated heterocycles. The molecule has 1 N–H and O–H groups in total. The van der Waals surface area contributed by atoms with E-state index >= 15 is 0 Å². The van der Waals surface area contributed by atoms with Gasteiger partial charge in [0.05, 0.1) is 11.4 Å². The van der Waals surface area contributed by atoms with Gasteiger partial charge in [-0.1, -0.05) is 29.8 Å². The van der Waals surface area contributed by atoms with Crippen LogP contribution < -0.4 is 4.72 Å². The number of halogens is 1. The van der Waals surface area contributed by atoms with Gasteiger partial charge in [0.15, 0.2) is 0 Å². The number of aromatic nitrogens is 1. The van der Waals surface area contributed by atoms with Crippen LogP contribution in [0, 0.1) is 0 Å². The van der Waals surface area contributed by atoms with Crippen molar-refractivity contribution >= 4 is 44.2 Å². The molecule has 0 radical (unpaired) electrons. The summed E-state index contributed by atoms with van der Waals surface area (Å²) in [6.45, 7) is 1.56. The Kier molecular flexibility index (Phi) is 6.96. The second-order valence-electron chi connectivity index (χ2n) is 9.31. The van der Waals surface area contributed by atoms with Crippen molar-refractivity contribution in [3.63, 3.8) is 0 Å². The third-order valence-corrected chi connectivity index (χ3v) is 8.59. The molecule has 188 valence electrons. The Hall–Kier alpha value is -3.01. The number of piperidine rings is 1. The topological polar surface area (TPSA) is 99.7 Å². The van der Waals surface area contributed by atoms with Gasteiger partial charge >= 0.3 is 0 Å². The predicted molar refractivity (Wildman–Crippen MR) is 137 cm³/mol. The number of benzene rings is 2. The van der Waals surface area contributed by atoms with E-state index in [1.165, 1.54) is 11.0 Å². The number of carbonyl (C=O) groups is 2. The fourth-order valence-corrected chi connectivity index (χ4v) is 6.37. The van der Waals surface area contributed by atoms with Gasteiger partial charge in [-0.3, -0.25) is 14.6 Å². The first-order valence-corrected chi connectivity index (χ1v) is 13.9. The molecule has 1 unspecified atom stereocenters. The standard InChI is InChI=1S/C26H27ClN4O4S/c27-21-8-6-19-15-22(9-7-18(19)14-21)36(34,35)29-24-5-3-12-31(26(24)33)17-25(32)30-13-10-20(16-30)23-4-1-2-11-28-23/h1-2,4,6-9,11,14-15,20,24,29H,3,5,10,12-13,16-17H2/t20?,24-/m0/s1. The van der Waals surface area contributed by atoms with Crippen molar-refractivity contribution in [1.82, 2.24) is 19.5 Å². The molecule has 3 aromatic rings. The first kappa shape index (κ1) is 24.7. The molecule has 1 aromatic heterocycles. The van der Waals surface area contributed by atoms with E-state index in [1.807, 2.05) is 18.2 Å². The van der Waals surface area contributed by atoms with E-state index in [-0.39, 0.29) is 29.2 Å². The second-order valence-corrected chi connectivity index (χ2v) is 11.5. The summed E-state index contributed by atoms with van der Waals surface area (Å²) in [5.41, 5.74) is 0.966. The number of carbonyl (C=O) groups excluding carboxylic acids is 2. The number of amides is 2. The van der Waals surface area contributed by atoms with Crippen molar-refractivity contribution in [1.29, 1.82) is 0 Å². The second kappa shape index (κ2) is 10.2. The Balaban J connectivity index is 1.23. The Morgan fingerprint density at radius 1 is 1.06 bits per heavy atom. The van der Waals surface area contributed by atoms with Crippen LogP contribution in [-0.2, 0) is 19.6 Å². The minimum absolute atomic E-state index is 0.0528. The number of fused-ring (bicyclic) bond motifs is 1. The monoisotopic (exact) mass is 526 g/mol. The van der Waals surface area contributed by atoms with Gasteiger partial charge in [-0.25, -0.2) is 8.42 Å². The lowest BCUT2D eigenvalue weighted by molar-refractivity contribution is -0.142. The molecule has 2 amide bonds. The quantitative estimate of drug-likeness (QED) is 0.532. The maximum atomic E-state index is 13.1. The van der Waals surface area contributed by atoms with Crippen LogP contribution in [0.3, 0.4) is 0 Å². The van der Waals surface area contributed by atoms with Crippen molar-refractivity contribution in [2.45, 2.75) is 36.1 Å². The van der Waals surface area contributed by atoms with Crippen LogP contribution in [-0.4, -0.2) is 67.2 Å². The summed E-state index contributed by atoms with van der Waals surface area (Å²) in [6, 6.07) is 14.8. The lowest BCUT2D eigenvalue weighted by Gasteiger charge is -2.33. The van der Waals surface area contributed by atoms with Crippen molar-refractivity contribution in [3.8, 4) is 0 Å². The Morgan fingerprint density at radius 2 is 1.86 bits per heavy atom. The molecular weight excluding hydrogens is 500 g/mol. The molecule has 5 rings (SSSR count). The number of pyridine rings is 1. The average molecular weight is 527 g/mol. The smallest absolute Gasteiger partial charge is 0.242 e. The maximum absolute atomic E-state index is 13.1. The number of likely N-dealkylation sites (tertiary alicyclic amines) is 2. The summed E-state index contributed by atoms with van der Waals surface area (Å²) >= 11 is 6.02. The fourth-order valence-electron chi connectivity index (χ4n) is 4.93. The van der Waals surface area contributed by atoms with E-state index < -0.39 is 16.1 Å². The van der Waals surface area contributed by atoms with Gasteiger partial charge in [0, 0.05) is 42.5 Å². The molecule has 0 spiro atoms. The van der Waals surface area contributed by atoms with Crippen LogP contribution in [0.1, 0.15) is 30.9 Å². The Morgan fingerprint density at radius 3 is 2.67 bits per heavy atom. The van der Waals surface area contributed by atoms with Crippen molar-refractivity contribution in [3.05, 3.63) is 71.5 Å². The minimum atomic E-state index is -3.93. The predicted octanol–water partition coefficient (Wildman–Crippen LogP) is 3.17. The van der Waals surface area contributed by atoms with Crippen LogP contribution in [0.2, 0.25) is 5.02 Å². The molecule has 3 heterocycles. The molecule has 2 aliphatic heterocycles. The summed E-state index contributed by atoms with van der Waals surface area (Å²) in [5, 5.41) is 2.13. The maximum Gasteiger partial charge on any atom is 0.242 e. The van der Waals surface area contributed by atoms with E-state index in [2.05, 4.69) is 9.71 Å². The molecule has 36 heavy (non-hydrogen) atoms. The number of rotatable bonds is 6. The minimum Gasteiger partial charge on any atom is -0.340 e. The lowest BCUT2D eigenvalue weighted by Crippen LogP contribution is -2.54. The van der Waals surface area contributed by atoms with Gasteiger partial charge in [0.2, 0.25) is 21.8 Å². The van der Waals surface area contributed by atoms with E-state index in [0.717, 1.165) is 22.9 Å². The van der Waals surface area contributed by atoms with Gasteiger partial charge in [0.25, 0.3) is 0 Å². The summed E-state index contributed by atoms with van der Waals surface area (Å²) in [6.07, 6.45) is 3.58. The van der Waals surface area contributed by atoms with Gasteiger partial charge in [-0.05, 0) is 66.4 Å². The van der Waals surface area contributed by atoms with Crippen LogP contribution in [0.5, 0.6) is 0 Å². The van der Waals surface area contributed by atoms with E-state index in [1.54, 1.807) is 41.4 Å². The zero-order valence-electron chi connectivity index (χ0n) is 19.6. The normalized spacial score (nSPS) is 20.8. The SMILES string of the molecule is O=C(CN1CCC[C@H](NS(=O)(=O)c2ccc3cc(Cl)ccc3c2)C1=O)N1CCC(c2ccccn2)C1. The zero-order valence-corrected chi connectivity index (χ0v) is 21.2. The number of hydrogen-bond donors (Lipinski definition) is 1. The van der Waals surface area contributed by atoms with E-state index in [0.29, 0.717) is 37.5 Å². The first-order valence-electron chi connectivity index (χ1n) is 12.0. The zero-order chi connectivity index (χ0) is 25.3. The molecule has 8 nitrogen and oxygen atoms in total. The summed E-state index contributed by atoms with van der Waals surface area (Å²) in [4.78, 5) is 33.8. The molecule has 0 saturated carbocycles. The molecule has 2 aromatic carbocycles. The highest BCUT2D eigenvalue weighted by atomic mass is 35.5. The van der Waals surface area contributed by atoms with Crippen LogP contribution in [0.4, 0.5) is 0 Å². The van der Waals surface area contributed by atoms with Crippen molar-refractivity contribution in [2.24, 2.45) is 0 Å². The summed E-state index contributed by atoms with van der Waals surface area (Å²) < 4.78 is 28.7. The third-order valence-electron chi connectivity index (χ3n) is 6.89. The molecule has 2 atom stereocenters. The first-order chi connectivity index (χ1) is 17.3. The number of nitrogens with zero attached hydrogens (tertiary/aromatic N) is 3. The molecule has 10 heteroatoms. The Bertz CT molecular complexity index is 1400. The molecule has 2 fully saturated rings. The highest BCUT2D eigenvalue weighted by molar-refractivity contribution is 7.89. The number of sulfonamides is 1. The molecular formula is C26H27ClN4O4S. The lowest BCUT2D eigenvalue weighted by atomic mass is 10.0. The van der Waals surface area contributed by atoms with Gasteiger partial charge in [-0.2, -0.15) is 4.72 Å². The average Bonchev–Trinajstić information content (AvgIpc) is 3.37. The van der Waals surface area contributed by atoms with E-state index in [4.69, 9.17) is 11.6 Å². The highest BCUT2D eigenvalue weighted by Crippen LogP contribution is 2.26. The van der Waals surface area contributed by atoms with Crippen LogP contribution in [0.15, 0.2) is 65.7 Å². The number of hydrogen-bond acceptors (Lipinski definition) is 5. The summed E-state index contributed by atoms with van der Waals surface area (Å²) in [7, 11) is -3.93. The van der Waals surface area contributed by atoms with E-state index in [9.17, 15) is 18.0 Å². The van der Waals surface area contributed by atoms with Gasteiger partial charge in [-0.15, -0.1) is 0 Å². The third kappa shape index (κ3) is 5.23. The van der Waals surface area contributed by atoms with Crippen molar-refractivity contribution in [2.75, 3.05) is 26.2 Å². The molecule has 2 aliphatic rings. The largest absolute Gasteiger partial charge is 0.340 e. The summed E-state index contributed by atoms with van der Waals surface area (Å²) in [5.74, 6) is -0.311. The van der Waals surface area contributed by atoms with Gasteiger partial charge < -0.3 is 9.80 Å².